The lowest BCUT2D eigenvalue weighted by Gasteiger charge is -2.06. The van der Waals surface area contributed by atoms with Crippen LogP contribution in [0.5, 0.6) is 5.75 Å². The van der Waals surface area contributed by atoms with Gasteiger partial charge >= 0.3 is 0 Å². The van der Waals surface area contributed by atoms with E-state index in [-0.39, 0.29) is 17.9 Å². The maximum Gasteiger partial charge on any atom is 0.293 e. The largest absolute Gasteiger partial charge is 0.488 e. The zero-order chi connectivity index (χ0) is 11.3. The molecule has 0 fully saturated rings. The summed E-state index contributed by atoms with van der Waals surface area (Å²) >= 11 is 0. The number of nitrogens with two attached hydrogens (primary N) is 1. The lowest BCUT2D eigenvalue weighted by Crippen LogP contribution is -2.28. The summed E-state index contributed by atoms with van der Waals surface area (Å²) in [4.78, 5) is 22.3. The zero-order valence-electron chi connectivity index (χ0n) is 8.60. The number of aromatic nitrogens is 1. The average molecular weight is 210 g/mol. The summed E-state index contributed by atoms with van der Waals surface area (Å²) in [7, 11) is 0. The molecule has 5 heteroatoms. The van der Waals surface area contributed by atoms with Crippen LogP contribution in [0.4, 0.5) is 0 Å². The van der Waals surface area contributed by atoms with E-state index < -0.39 is 5.91 Å². The molecule has 0 saturated carbocycles. The highest BCUT2D eigenvalue weighted by atomic mass is 16.5. The molecule has 0 spiro atoms. The summed E-state index contributed by atoms with van der Waals surface area (Å²) in [6, 6.07) is 3.23. The molecule has 1 aromatic heterocycles. The van der Waals surface area contributed by atoms with Gasteiger partial charge in [0.05, 0.1) is 6.61 Å². The smallest absolute Gasteiger partial charge is 0.293 e. The van der Waals surface area contributed by atoms with Crippen LogP contribution >= 0.6 is 0 Å². The third-order valence-electron chi connectivity index (χ3n) is 1.77. The molecule has 0 unspecified atom stereocenters. The van der Waals surface area contributed by atoms with Gasteiger partial charge in [-0.3, -0.25) is 9.59 Å². The van der Waals surface area contributed by atoms with Gasteiger partial charge in [0.1, 0.15) is 6.54 Å². The van der Waals surface area contributed by atoms with Crippen molar-refractivity contribution in [2.45, 2.75) is 19.9 Å². The maximum atomic E-state index is 11.6. The molecule has 0 atom stereocenters. The van der Waals surface area contributed by atoms with Crippen LogP contribution < -0.4 is 16.0 Å². The SMILES string of the molecule is CCCOc1cccn(CC(N)=O)c1=O. The molecule has 1 rings (SSSR count). The summed E-state index contributed by atoms with van der Waals surface area (Å²) in [5, 5.41) is 0. The van der Waals surface area contributed by atoms with E-state index in [1.165, 1.54) is 10.8 Å². The van der Waals surface area contributed by atoms with Gasteiger partial charge in [0.15, 0.2) is 5.75 Å². The summed E-state index contributed by atoms with van der Waals surface area (Å²) < 4.78 is 6.45. The van der Waals surface area contributed by atoms with Crippen LogP contribution in [0.1, 0.15) is 13.3 Å². The van der Waals surface area contributed by atoms with Crippen molar-refractivity contribution in [3.63, 3.8) is 0 Å². The van der Waals surface area contributed by atoms with Gasteiger partial charge in [-0.05, 0) is 18.6 Å². The Morgan fingerprint density at radius 1 is 1.60 bits per heavy atom. The maximum absolute atomic E-state index is 11.6. The molecule has 82 valence electrons. The van der Waals surface area contributed by atoms with Gasteiger partial charge in [0.25, 0.3) is 5.56 Å². The molecule has 2 N–H and O–H groups in total. The predicted octanol–water partition coefficient (Wildman–Crippen LogP) is 0.122. The van der Waals surface area contributed by atoms with Gasteiger partial charge in [0.2, 0.25) is 5.91 Å². The van der Waals surface area contributed by atoms with E-state index in [0.29, 0.717) is 6.61 Å². The molecule has 0 aliphatic carbocycles. The molecule has 5 nitrogen and oxygen atoms in total. The first-order valence-corrected chi connectivity index (χ1v) is 4.75. The molecule has 1 amide bonds. The first kappa shape index (κ1) is 11.3. The first-order chi connectivity index (χ1) is 7.15. The Morgan fingerprint density at radius 3 is 2.93 bits per heavy atom. The number of hydrogen-bond acceptors (Lipinski definition) is 3. The number of primary amides is 1. The van der Waals surface area contributed by atoms with E-state index in [0.717, 1.165) is 6.42 Å². The van der Waals surface area contributed by atoms with Crippen molar-refractivity contribution < 1.29 is 9.53 Å². The number of pyridine rings is 1. The highest BCUT2D eigenvalue weighted by molar-refractivity contribution is 5.73. The van der Waals surface area contributed by atoms with Crippen molar-refractivity contribution >= 4 is 5.91 Å². The Balaban J connectivity index is 2.90. The second kappa shape index (κ2) is 5.19. The summed E-state index contributed by atoms with van der Waals surface area (Å²) in [5.74, 6) is -0.301. The molecule has 0 radical (unpaired) electrons. The minimum Gasteiger partial charge on any atom is -0.488 e. The van der Waals surface area contributed by atoms with Crippen LogP contribution in [0.15, 0.2) is 23.1 Å². The number of carbonyl (C=O) groups excluding carboxylic acids is 1. The fourth-order valence-electron chi connectivity index (χ4n) is 1.13. The van der Waals surface area contributed by atoms with Crippen LogP contribution in [0.3, 0.4) is 0 Å². The summed E-state index contributed by atoms with van der Waals surface area (Å²) in [6.07, 6.45) is 2.33. The van der Waals surface area contributed by atoms with E-state index >= 15 is 0 Å². The monoisotopic (exact) mass is 210 g/mol. The highest BCUT2D eigenvalue weighted by Crippen LogP contribution is 2.02. The Kier molecular flexibility index (Phi) is 3.91. The fraction of sp³-hybridized carbons (Fsp3) is 0.400. The molecular formula is C10H14N2O3. The van der Waals surface area contributed by atoms with Crippen molar-refractivity contribution in [2.24, 2.45) is 5.73 Å². The average Bonchev–Trinajstić information content (AvgIpc) is 2.19. The second-order valence-electron chi connectivity index (χ2n) is 3.12. The molecule has 15 heavy (non-hydrogen) atoms. The molecule has 1 heterocycles. The van der Waals surface area contributed by atoms with E-state index in [2.05, 4.69) is 0 Å². The predicted molar refractivity (Wildman–Crippen MR) is 55.7 cm³/mol. The minimum atomic E-state index is -0.551. The molecule has 0 aromatic carbocycles. The van der Waals surface area contributed by atoms with Crippen LogP contribution in [0.2, 0.25) is 0 Å². The van der Waals surface area contributed by atoms with E-state index in [1.54, 1.807) is 12.1 Å². The van der Waals surface area contributed by atoms with Crippen molar-refractivity contribution in [1.29, 1.82) is 0 Å². The van der Waals surface area contributed by atoms with Gasteiger partial charge in [-0.1, -0.05) is 6.92 Å². The van der Waals surface area contributed by atoms with Gasteiger partial charge < -0.3 is 15.0 Å². The molecule has 0 aliphatic rings. The van der Waals surface area contributed by atoms with E-state index in [4.69, 9.17) is 10.5 Å². The van der Waals surface area contributed by atoms with Gasteiger partial charge in [0, 0.05) is 6.20 Å². The van der Waals surface area contributed by atoms with Crippen LogP contribution in [0, 0.1) is 0 Å². The lowest BCUT2D eigenvalue weighted by atomic mass is 10.4. The highest BCUT2D eigenvalue weighted by Gasteiger charge is 2.05. The Hall–Kier alpha value is -1.78. The topological polar surface area (TPSA) is 74.3 Å². The van der Waals surface area contributed by atoms with Crippen LogP contribution in [0.25, 0.3) is 0 Å². The van der Waals surface area contributed by atoms with Crippen molar-refractivity contribution in [3.05, 3.63) is 28.7 Å². The van der Waals surface area contributed by atoms with Crippen molar-refractivity contribution in [3.8, 4) is 5.75 Å². The normalized spacial score (nSPS) is 9.93. The quantitative estimate of drug-likeness (QED) is 0.750. The Bertz CT molecular complexity index is 398. The number of rotatable bonds is 5. The molecule has 0 aliphatic heterocycles. The summed E-state index contributed by atoms with van der Waals surface area (Å²) in [5.41, 5.74) is 4.68. The Labute approximate surface area is 87.5 Å². The number of amides is 1. The number of nitrogens with zero attached hydrogens (tertiary/aromatic N) is 1. The van der Waals surface area contributed by atoms with Gasteiger partial charge in [-0.2, -0.15) is 0 Å². The number of ether oxygens (including phenoxy) is 1. The fourth-order valence-corrected chi connectivity index (χ4v) is 1.13. The molecular weight excluding hydrogens is 196 g/mol. The third-order valence-corrected chi connectivity index (χ3v) is 1.77. The second-order valence-corrected chi connectivity index (χ2v) is 3.12. The van der Waals surface area contributed by atoms with Crippen molar-refractivity contribution in [2.75, 3.05) is 6.61 Å². The van der Waals surface area contributed by atoms with Gasteiger partial charge in [-0.25, -0.2) is 0 Å². The third kappa shape index (κ3) is 3.12. The van der Waals surface area contributed by atoms with E-state index in [9.17, 15) is 9.59 Å². The molecule has 0 bridgehead atoms. The van der Waals surface area contributed by atoms with Gasteiger partial charge in [-0.15, -0.1) is 0 Å². The zero-order valence-corrected chi connectivity index (χ0v) is 8.60. The first-order valence-electron chi connectivity index (χ1n) is 4.75. The van der Waals surface area contributed by atoms with Crippen molar-refractivity contribution in [1.82, 2.24) is 4.57 Å². The summed E-state index contributed by atoms with van der Waals surface area (Å²) in [6.45, 7) is 2.31. The minimum absolute atomic E-state index is 0.123. The molecule has 1 aromatic rings. The molecule has 0 saturated heterocycles. The number of carbonyl (C=O) groups is 1. The van der Waals surface area contributed by atoms with Crippen LogP contribution in [-0.2, 0) is 11.3 Å². The van der Waals surface area contributed by atoms with E-state index in [1.807, 2.05) is 6.92 Å². The standard InChI is InChI=1S/C10H14N2O3/c1-2-6-15-8-4-3-5-12(10(8)14)7-9(11)13/h3-5H,2,6-7H2,1H3,(H2,11,13). The number of hydrogen-bond donors (Lipinski definition) is 1. The Morgan fingerprint density at radius 2 is 2.33 bits per heavy atom. The lowest BCUT2D eigenvalue weighted by molar-refractivity contribution is -0.118. The van der Waals surface area contributed by atoms with Crippen LogP contribution in [-0.4, -0.2) is 17.1 Å².